The molecular formula is C13H15ClO4. The number of methoxy groups -OCH3 is 1. The van der Waals surface area contributed by atoms with Crippen molar-refractivity contribution in [1.29, 1.82) is 0 Å². The van der Waals surface area contributed by atoms with Gasteiger partial charge in [0.1, 0.15) is 5.75 Å². The van der Waals surface area contributed by atoms with Gasteiger partial charge in [0.15, 0.2) is 5.78 Å². The fraction of sp³-hybridized carbons (Fsp3) is 0.385. The number of hydrogen-bond donors (Lipinski definition) is 0. The first-order valence-corrected chi connectivity index (χ1v) is 5.98. The van der Waals surface area contributed by atoms with Gasteiger partial charge in [0.05, 0.1) is 30.2 Å². The van der Waals surface area contributed by atoms with Crippen LogP contribution in [0.2, 0.25) is 0 Å². The van der Waals surface area contributed by atoms with Gasteiger partial charge in [0, 0.05) is 0 Å². The van der Waals surface area contributed by atoms with Gasteiger partial charge < -0.3 is 9.47 Å². The Kier molecular flexibility index (Phi) is 5.16. The quantitative estimate of drug-likeness (QED) is 0.469. The fourth-order valence-electron chi connectivity index (χ4n) is 1.46. The van der Waals surface area contributed by atoms with Gasteiger partial charge in [-0.1, -0.05) is 0 Å². The van der Waals surface area contributed by atoms with E-state index in [0.29, 0.717) is 11.3 Å². The van der Waals surface area contributed by atoms with Gasteiger partial charge in [0.25, 0.3) is 0 Å². The minimum absolute atomic E-state index is 0.278. The minimum Gasteiger partial charge on any atom is -0.496 e. The summed E-state index contributed by atoms with van der Waals surface area (Å²) in [5.41, 5.74) is 0.587. The Morgan fingerprint density at radius 2 is 2.06 bits per heavy atom. The molecule has 0 aliphatic heterocycles. The lowest BCUT2D eigenvalue weighted by Gasteiger charge is -2.10. The molecule has 1 rings (SSSR count). The molecule has 0 aromatic heterocycles. The Bertz CT molecular complexity index is 454. The van der Waals surface area contributed by atoms with Crippen LogP contribution in [0.4, 0.5) is 0 Å². The van der Waals surface area contributed by atoms with Crippen molar-refractivity contribution in [1.82, 2.24) is 0 Å². The maximum atomic E-state index is 11.9. The molecule has 0 amide bonds. The van der Waals surface area contributed by atoms with Crippen molar-refractivity contribution in [2.75, 3.05) is 13.7 Å². The van der Waals surface area contributed by atoms with E-state index in [1.165, 1.54) is 13.2 Å². The summed E-state index contributed by atoms with van der Waals surface area (Å²) in [6.45, 7) is 3.56. The Hall–Kier alpha value is -1.55. The molecule has 0 aliphatic rings. The lowest BCUT2D eigenvalue weighted by molar-refractivity contribution is 0.0526. The number of esters is 1. The van der Waals surface area contributed by atoms with E-state index in [9.17, 15) is 9.59 Å². The Balaban J connectivity index is 3.17. The monoisotopic (exact) mass is 270 g/mol. The Labute approximate surface area is 111 Å². The third-order valence-corrected chi connectivity index (χ3v) is 2.54. The summed E-state index contributed by atoms with van der Waals surface area (Å²) < 4.78 is 9.95. The van der Waals surface area contributed by atoms with Crippen LogP contribution in [0.25, 0.3) is 0 Å². The van der Waals surface area contributed by atoms with Crippen LogP contribution >= 0.6 is 11.6 Å². The molecule has 0 radical (unpaired) electrons. The minimum atomic E-state index is -0.684. The van der Waals surface area contributed by atoms with Gasteiger partial charge in [-0.25, -0.2) is 4.79 Å². The molecule has 0 spiro atoms. The molecule has 98 valence electrons. The molecular weight excluding hydrogens is 256 g/mol. The predicted octanol–water partition coefficient (Wildman–Crippen LogP) is 2.68. The SMILES string of the molecule is CCOC(=O)c1ccc(OC)c(C(=O)C(C)Cl)c1. The zero-order valence-electron chi connectivity index (χ0n) is 10.5. The molecule has 0 N–H and O–H groups in total. The first-order chi connectivity index (χ1) is 8.51. The van der Waals surface area contributed by atoms with Crippen molar-refractivity contribution in [2.24, 2.45) is 0 Å². The fourth-order valence-corrected chi connectivity index (χ4v) is 1.57. The van der Waals surface area contributed by atoms with Crippen LogP contribution in [0.3, 0.4) is 0 Å². The topological polar surface area (TPSA) is 52.6 Å². The van der Waals surface area contributed by atoms with Crippen molar-refractivity contribution in [2.45, 2.75) is 19.2 Å². The lowest BCUT2D eigenvalue weighted by Crippen LogP contribution is -2.14. The van der Waals surface area contributed by atoms with E-state index in [1.54, 1.807) is 26.0 Å². The molecule has 0 saturated heterocycles. The largest absolute Gasteiger partial charge is 0.496 e. The van der Waals surface area contributed by atoms with Crippen LogP contribution in [-0.2, 0) is 4.74 Å². The first kappa shape index (κ1) is 14.5. The standard InChI is InChI=1S/C13H15ClO4/c1-4-18-13(16)9-5-6-11(17-3)10(7-9)12(15)8(2)14/h5-8H,4H2,1-3H3. The van der Waals surface area contributed by atoms with Crippen LogP contribution in [0.5, 0.6) is 5.75 Å². The van der Waals surface area contributed by atoms with Crippen LogP contribution in [0.1, 0.15) is 34.6 Å². The second-order valence-corrected chi connectivity index (χ2v) is 4.27. The maximum absolute atomic E-state index is 11.9. The van der Waals surface area contributed by atoms with Gasteiger partial charge in [-0.3, -0.25) is 4.79 Å². The van der Waals surface area contributed by atoms with E-state index in [4.69, 9.17) is 21.1 Å². The van der Waals surface area contributed by atoms with Crippen LogP contribution in [0.15, 0.2) is 18.2 Å². The number of halogens is 1. The highest BCUT2D eigenvalue weighted by atomic mass is 35.5. The van der Waals surface area contributed by atoms with Gasteiger partial charge in [-0.2, -0.15) is 0 Å². The zero-order chi connectivity index (χ0) is 13.7. The highest BCUT2D eigenvalue weighted by Gasteiger charge is 2.19. The van der Waals surface area contributed by atoms with E-state index < -0.39 is 11.3 Å². The number of ether oxygens (including phenoxy) is 2. The van der Waals surface area contributed by atoms with Crippen molar-refractivity contribution in [3.05, 3.63) is 29.3 Å². The summed E-state index contributed by atoms with van der Waals surface area (Å²) in [6.07, 6.45) is 0. The average Bonchev–Trinajstić information content (AvgIpc) is 2.37. The number of alkyl halides is 1. The van der Waals surface area contributed by atoms with E-state index in [2.05, 4.69) is 0 Å². The number of carbonyl (C=O) groups is 2. The predicted molar refractivity (Wildman–Crippen MR) is 68.6 cm³/mol. The van der Waals surface area contributed by atoms with Crippen molar-refractivity contribution in [3.8, 4) is 5.75 Å². The summed E-state index contributed by atoms with van der Waals surface area (Å²) >= 11 is 5.76. The van der Waals surface area contributed by atoms with E-state index in [-0.39, 0.29) is 18.0 Å². The summed E-state index contributed by atoms with van der Waals surface area (Å²) in [5.74, 6) is -0.378. The molecule has 5 heteroatoms. The molecule has 1 aromatic carbocycles. The normalized spacial score (nSPS) is 11.8. The van der Waals surface area contributed by atoms with Crippen LogP contribution in [0, 0.1) is 0 Å². The molecule has 0 aliphatic carbocycles. The summed E-state index contributed by atoms with van der Waals surface area (Å²) in [5, 5.41) is -0.684. The number of rotatable bonds is 5. The second-order valence-electron chi connectivity index (χ2n) is 3.62. The van der Waals surface area contributed by atoms with Crippen molar-refractivity contribution >= 4 is 23.4 Å². The number of carbonyl (C=O) groups excluding carboxylic acids is 2. The average molecular weight is 271 g/mol. The molecule has 0 heterocycles. The van der Waals surface area contributed by atoms with E-state index in [0.717, 1.165) is 0 Å². The van der Waals surface area contributed by atoms with E-state index in [1.807, 2.05) is 0 Å². The summed E-state index contributed by atoms with van der Waals surface area (Å²) in [6, 6.07) is 4.54. The molecule has 4 nitrogen and oxygen atoms in total. The molecule has 1 atom stereocenters. The van der Waals surface area contributed by atoms with Gasteiger partial charge >= 0.3 is 5.97 Å². The van der Waals surface area contributed by atoms with Crippen LogP contribution in [-0.4, -0.2) is 30.8 Å². The molecule has 1 aromatic rings. The van der Waals surface area contributed by atoms with Gasteiger partial charge in [-0.05, 0) is 32.0 Å². The number of ketones is 1. The molecule has 0 fully saturated rings. The third-order valence-electron chi connectivity index (χ3n) is 2.34. The van der Waals surface area contributed by atoms with Gasteiger partial charge in [-0.15, -0.1) is 11.6 Å². The Morgan fingerprint density at radius 1 is 1.39 bits per heavy atom. The zero-order valence-corrected chi connectivity index (χ0v) is 11.3. The third kappa shape index (κ3) is 3.23. The summed E-state index contributed by atoms with van der Waals surface area (Å²) in [7, 11) is 1.45. The number of benzene rings is 1. The van der Waals surface area contributed by atoms with Gasteiger partial charge in [0.2, 0.25) is 0 Å². The smallest absolute Gasteiger partial charge is 0.338 e. The highest BCUT2D eigenvalue weighted by molar-refractivity contribution is 6.34. The lowest BCUT2D eigenvalue weighted by atomic mass is 10.0. The first-order valence-electron chi connectivity index (χ1n) is 5.54. The molecule has 0 saturated carbocycles. The van der Waals surface area contributed by atoms with E-state index >= 15 is 0 Å². The van der Waals surface area contributed by atoms with Crippen molar-refractivity contribution < 1.29 is 19.1 Å². The molecule has 0 bridgehead atoms. The van der Waals surface area contributed by atoms with Crippen molar-refractivity contribution in [3.63, 3.8) is 0 Å². The van der Waals surface area contributed by atoms with Crippen LogP contribution < -0.4 is 4.74 Å². The molecule has 18 heavy (non-hydrogen) atoms. The maximum Gasteiger partial charge on any atom is 0.338 e. The molecule has 1 unspecified atom stereocenters. The number of hydrogen-bond acceptors (Lipinski definition) is 4. The summed E-state index contributed by atoms with van der Waals surface area (Å²) in [4.78, 5) is 23.5. The second kappa shape index (κ2) is 6.40. The highest BCUT2D eigenvalue weighted by Crippen LogP contribution is 2.23. The Morgan fingerprint density at radius 3 is 2.56 bits per heavy atom. The number of Topliss-reactive ketones (excluding diaryl/α,β-unsaturated/α-hetero) is 1.